The Kier molecular flexibility index (Phi) is 2.15. The second kappa shape index (κ2) is 2.79. The van der Waals surface area contributed by atoms with Gasteiger partial charge in [0.25, 0.3) is 0 Å². The molecule has 0 spiro atoms. The smallest absolute Gasteiger partial charge is 0.236 e. The van der Waals surface area contributed by atoms with E-state index in [1.54, 1.807) is 12.0 Å². The Morgan fingerprint density at radius 1 is 1.73 bits per heavy atom. The maximum Gasteiger partial charge on any atom is 0.236 e. The van der Waals surface area contributed by atoms with Crippen LogP contribution in [0.5, 0.6) is 0 Å². The molecular weight excluding hydrogens is 144 g/mol. The number of amides is 1. The highest BCUT2D eigenvalue weighted by Gasteiger charge is 2.40. The summed E-state index contributed by atoms with van der Waals surface area (Å²) >= 11 is 0. The molecule has 4 heteroatoms. The molecule has 1 fully saturated rings. The van der Waals surface area contributed by atoms with E-state index in [1.807, 2.05) is 6.92 Å². The van der Waals surface area contributed by atoms with Crippen molar-refractivity contribution in [3.05, 3.63) is 0 Å². The third-order valence-electron chi connectivity index (χ3n) is 2.07. The number of hydrogen-bond donors (Lipinski definition) is 1. The van der Waals surface area contributed by atoms with Crippen LogP contribution in [0.3, 0.4) is 0 Å². The first-order valence-corrected chi connectivity index (χ1v) is 3.64. The van der Waals surface area contributed by atoms with E-state index < -0.39 is 0 Å². The summed E-state index contributed by atoms with van der Waals surface area (Å²) in [6.45, 7) is 3.41. The van der Waals surface area contributed by atoms with Crippen molar-refractivity contribution in [2.24, 2.45) is 5.73 Å². The molecule has 4 nitrogen and oxygen atoms in total. The maximum atomic E-state index is 10.9. The van der Waals surface area contributed by atoms with Gasteiger partial charge in [-0.3, -0.25) is 4.79 Å². The van der Waals surface area contributed by atoms with Crippen LogP contribution < -0.4 is 5.73 Å². The molecule has 0 bridgehead atoms. The summed E-state index contributed by atoms with van der Waals surface area (Å²) in [6.07, 6.45) is 0. The molecule has 0 radical (unpaired) electrons. The van der Waals surface area contributed by atoms with E-state index in [9.17, 15) is 4.79 Å². The van der Waals surface area contributed by atoms with E-state index in [1.165, 1.54) is 0 Å². The van der Waals surface area contributed by atoms with Crippen molar-refractivity contribution in [1.29, 1.82) is 0 Å². The lowest BCUT2D eigenvalue weighted by atomic mass is 9.96. The van der Waals surface area contributed by atoms with Gasteiger partial charge in [0.2, 0.25) is 5.91 Å². The van der Waals surface area contributed by atoms with Crippen molar-refractivity contribution in [3.8, 4) is 0 Å². The number of carbonyl (C=O) groups is 1. The van der Waals surface area contributed by atoms with Crippen molar-refractivity contribution >= 4 is 5.91 Å². The SMILES string of the molecule is COC1(C)CN(C(=O)CN)C1. The van der Waals surface area contributed by atoms with Crippen molar-refractivity contribution in [3.63, 3.8) is 0 Å². The van der Waals surface area contributed by atoms with Crippen LogP contribution in [0, 0.1) is 0 Å². The Hall–Kier alpha value is -0.610. The zero-order chi connectivity index (χ0) is 8.48. The summed E-state index contributed by atoms with van der Waals surface area (Å²) in [5, 5.41) is 0. The predicted octanol–water partition coefficient (Wildman–Crippen LogP) is -0.808. The van der Waals surface area contributed by atoms with Gasteiger partial charge in [0.15, 0.2) is 0 Å². The third kappa shape index (κ3) is 1.52. The fourth-order valence-electron chi connectivity index (χ4n) is 1.20. The molecule has 1 aliphatic rings. The lowest BCUT2D eigenvalue weighted by molar-refractivity contribution is -0.156. The van der Waals surface area contributed by atoms with Crippen molar-refractivity contribution in [1.82, 2.24) is 4.90 Å². The monoisotopic (exact) mass is 158 g/mol. The van der Waals surface area contributed by atoms with Gasteiger partial charge >= 0.3 is 0 Å². The molecule has 0 atom stereocenters. The zero-order valence-electron chi connectivity index (χ0n) is 6.96. The van der Waals surface area contributed by atoms with Gasteiger partial charge < -0.3 is 15.4 Å². The maximum absolute atomic E-state index is 10.9. The molecule has 1 saturated heterocycles. The van der Waals surface area contributed by atoms with E-state index in [-0.39, 0.29) is 18.1 Å². The zero-order valence-corrected chi connectivity index (χ0v) is 6.96. The number of carbonyl (C=O) groups excluding carboxylic acids is 1. The minimum Gasteiger partial charge on any atom is -0.375 e. The lowest BCUT2D eigenvalue weighted by Crippen LogP contribution is -2.63. The summed E-state index contributed by atoms with van der Waals surface area (Å²) in [4.78, 5) is 12.6. The molecule has 1 rings (SSSR count). The topological polar surface area (TPSA) is 55.6 Å². The summed E-state index contributed by atoms with van der Waals surface area (Å²) in [5.41, 5.74) is 5.05. The fourth-order valence-corrected chi connectivity index (χ4v) is 1.20. The van der Waals surface area contributed by atoms with Gasteiger partial charge in [-0.1, -0.05) is 0 Å². The average molecular weight is 158 g/mol. The number of methoxy groups -OCH3 is 1. The molecule has 0 aromatic carbocycles. The molecule has 0 aliphatic carbocycles. The summed E-state index contributed by atoms with van der Waals surface area (Å²) in [7, 11) is 1.66. The van der Waals surface area contributed by atoms with E-state index in [2.05, 4.69) is 0 Å². The fraction of sp³-hybridized carbons (Fsp3) is 0.857. The van der Waals surface area contributed by atoms with Gasteiger partial charge in [0.1, 0.15) is 0 Å². The van der Waals surface area contributed by atoms with Gasteiger partial charge in [0.05, 0.1) is 25.2 Å². The quantitative estimate of drug-likeness (QED) is 0.572. The Balaban J connectivity index is 2.34. The normalized spacial score (nSPS) is 21.2. The Morgan fingerprint density at radius 3 is 2.64 bits per heavy atom. The van der Waals surface area contributed by atoms with Gasteiger partial charge in [-0.2, -0.15) is 0 Å². The van der Waals surface area contributed by atoms with Crippen LogP contribution in [0.15, 0.2) is 0 Å². The average Bonchev–Trinajstić information content (AvgIpc) is 1.97. The van der Waals surface area contributed by atoms with Gasteiger partial charge in [-0.15, -0.1) is 0 Å². The minimum atomic E-state index is -0.134. The number of hydrogen-bond acceptors (Lipinski definition) is 3. The molecule has 0 aromatic rings. The van der Waals surface area contributed by atoms with Crippen LogP contribution in [0.4, 0.5) is 0 Å². The second-order valence-electron chi connectivity index (χ2n) is 3.11. The summed E-state index contributed by atoms with van der Waals surface area (Å²) < 4.78 is 5.16. The van der Waals surface area contributed by atoms with E-state index in [0.29, 0.717) is 13.1 Å². The number of ether oxygens (including phenoxy) is 1. The molecule has 0 aromatic heterocycles. The highest BCUT2D eigenvalue weighted by molar-refractivity contribution is 5.79. The number of likely N-dealkylation sites (tertiary alicyclic amines) is 1. The highest BCUT2D eigenvalue weighted by Crippen LogP contribution is 2.22. The molecule has 1 heterocycles. The Bertz CT molecular complexity index is 164. The highest BCUT2D eigenvalue weighted by atomic mass is 16.5. The van der Waals surface area contributed by atoms with Gasteiger partial charge in [-0.05, 0) is 6.92 Å². The summed E-state index contributed by atoms with van der Waals surface area (Å²) in [6, 6.07) is 0. The minimum absolute atomic E-state index is 0.000440. The van der Waals surface area contributed by atoms with Gasteiger partial charge in [0, 0.05) is 7.11 Å². The van der Waals surface area contributed by atoms with Crippen LogP contribution in [0.2, 0.25) is 0 Å². The molecule has 0 saturated carbocycles. The lowest BCUT2D eigenvalue weighted by Gasteiger charge is -2.46. The molecule has 1 aliphatic heterocycles. The van der Waals surface area contributed by atoms with Crippen molar-refractivity contribution in [2.75, 3.05) is 26.7 Å². The van der Waals surface area contributed by atoms with E-state index >= 15 is 0 Å². The van der Waals surface area contributed by atoms with Crippen LogP contribution >= 0.6 is 0 Å². The van der Waals surface area contributed by atoms with E-state index in [4.69, 9.17) is 10.5 Å². The van der Waals surface area contributed by atoms with Crippen LogP contribution in [-0.2, 0) is 9.53 Å². The van der Waals surface area contributed by atoms with Crippen LogP contribution in [-0.4, -0.2) is 43.2 Å². The molecular formula is C7H14N2O2. The largest absolute Gasteiger partial charge is 0.375 e. The molecule has 2 N–H and O–H groups in total. The van der Waals surface area contributed by atoms with Gasteiger partial charge in [-0.25, -0.2) is 0 Å². The first kappa shape index (κ1) is 8.49. The number of nitrogens with two attached hydrogens (primary N) is 1. The molecule has 0 unspecified atom stereocenters. The number of rotatable bonds is 2. The second-order valence-corrected chi connectivity index (χ2v) is 3.11. The Morgan fingerprint density at radius 2 is 2.27 bits per heavy atom. The first-order valence-electron chi connectivity index (χ1n) is 3.64. The van der Waals surface area contributed by atoms with Crippen LogP contribution in [0.25, 0.3) is 0 Å². The molecule has 64 valence electrons. The predicted molar refractivity (Wildman–Crippen MR) is 41.0 cm³/mol. The standard InChI is InChI=1S/C7H14N2O2/c1-7(11-2)4-9(5-7)6(10)3-8/h3-5,8H2,1-2H3. The third-order valence-corrected chi connectivity index (χ3v) is 2.07. The molecule has 1 amide bonds. The first-order chi connectivity index (χ1) is 5.11. The number of nitrogens with zero attached hydrogens (tertiary/aromatic N) is 1. The summed E-state index contributed by atoms with van der Waals surface area (Å²) in [5.74, 6) is -0.000440. The van der Waals surface area contributed by atoms with Crippen molar-refractivity contribution in [2.45, 2.75) is 12.5 Å². The Labute approximate surface area is 66.3 Å². The van der Waals surface area contributed by atoms with Crippen LogP contribution in [0.1, 0.15) is 6.92 Å². The van der Waals surface area contributed by atoms with E-state index in [0.717, 1.165) is 0 Å². The van der Waals surface area contributed by atoms with Crippen molar-refractivity contribution < 1.29 is 9.53 Å². The molecule has 11 heavy (non-hydrogen) atoms.